The maximum absolute atomic E-state index is 12.7. The molecule has 0 radical (unpaired) electrons. The number of H-pyrrole nitrogens is 1. The van der Waals surface area contributed by atoms with Gasteiger partial charge in [0.25, 0.3) is 0 Å². The molecule has 39 heavy (non-hydrogen) atoms. The van der Waals surface area contributed by atoms with Gasteiger partial charge in [0.15, 0.2) is 17.8 Å². The number of methoxy groups -OCH3 is 2. The van der Waals surface area contributed by atoms with Gasteiger partial charge in [-0.2, -0.15) is 9.97 Å². The van der Waals surface area contributed by atoms with Gasteiger partial charge in [0.05, 0.1) is 19.8 Å². The highest BCUT2D eigenvalue weighted by Crippen LogP contribution is 2.20. The molecule has 0 saturated carbocycles. The van der Waals surface area contributed by atoms with Crippen molar-refractivity contribution < 1.29 is 24.1 Å². The summed E-state index contributed by atoms with van der Waals surface area (Å²) in [5.74, 6) is 0.153. The summed E-state index contributed by atoms with van der Waals surface area (Å²) in [6.45, 7) is 5.50. The second-order valence-corrected chi connectivity index (χ2v) is 9.73. The van der Waals surface area contributed by atoms with Crippen molar-refractivity contribution in [2.24, 2.45) is 0 Å². The first-order valence-electron chi connectivity index (χ1n) is 13.0. The molecule has 0 aliphatic carbocycles. The number of anilines is 1. The van der Waals surface area contributed by atoms with E-state index in [2.05, 4.69) is 43.9 Å². The molecule has 0 amide bonds. The van der Waals surface area contributed by atoms with Crippen LogP contribution in [0.3, 0.4) is 0 Å². The number of imidazole rings is 1. The Bertz CT molecular complexity index is 1240. The van der Waals surface area contributed by atoms with Crippen molar-refractivity contribution >= 4 is 17.0 Å². The number of likely N-dealkylation sites (tertiary alicyclic amines) is 1. The molecule has 13 heteroatoms. The first kappa shape index (κ1) is 28.9. The lowest BCUT2D eigenvalue weighted by molar-refractivity contribution is -0.119. The van der Waals surface area contributed by atoms with Crippen molar-refractivity contribution in [1.29, 1.82) is 0 Å². The number of aliphatic hydroxyl groups is 1. The molecule has 0 bridgehead atoms. The second kappa shape index (κ2) is 13.8. The van der Waals surface area contributed by atoms with Crippen LogP contribution in [0.1, 0.15) is 17.5 Å². The van der Waals surface area contributed by atoms with Gasteiger partial charge < -0.3 is 39.7 Å². The fourth-order valence-electron chi connectivity index (χ4n) is 4.54. The summed E-state index contributed by atoms with van der Waals surface area (Å²) in [7, 11) is 5.15. The Kier molecular flexibility index (Phi) is 10.3. The second-order valence-electron chi connectivity index (χ2n) is 9.73. The summed E-state index contributed by atoms with van der Waals surface area (Å²) >= 11 is 0. The van der Waals surface area contributed by atoms with Crippen LogP contribution < -0.4 is 16.2 Å². The number of nitrogens with one attached hydrogen (secondary N) is 1. The molecule has 1 aliphatic rings. The Morgan fingerprint density at radius 2 is 1.90 bits per heavy atom. The van der Waals surface area contributed by atoms with Gasteiger partial charge in [-0.05, 0) is 24.6 Å². The molecule has 2 aromatic heterocycles. The number of benzene rings is 1. The van der Waals surface area contributed by atoms with Crippen LogP contribution in [0.25, 0.3) is 11.2 Å². The number of nitrogens with two attached hydrogens (primary N) is 1. The van der Waals surface area contributed by atoms with Crippen LogP contribution in [0.4, 0.5) is 5.82 Å². The van der Waals surface area contributed by atoms with Crippen LogP contribution in [-0.2, 0) is 27.3 Å². The first-order valence-corrected chi connectivity index (χ1v) is 13.0. The minimum atomic E-state index is -0.888. The molecular weight excluding hydrogens is 506 g/mol. The zero-order valence-electron chi connectivity index (χ0n) is 22.8. The molecule has 3 aromatic rings. The van der Waals surface area contributed by atoms with E-state index < -0.39 is 6.29 Å². The normalized spacial score (nSPS) is 15.2. The van der Waals surface area contributed by atoms with Crippen LogP contribution in [-0.4, -0.2) is 114 Å². The van der Waals surface area contributed by atoms with Crippen molar-refractivity contribution in [1.82, 2.24) is 29.3 Å². The minimum Gasteiger partial charge on any atom is -0.461 e. The summed E-state index contributed by atoms with van der Waals surface area (Å²) in [5.41, 5.74) is 8.66. The lowest BCUT2D eigenvalue weighted by Gasteiger charge is -2.44. The number of nitrogen functional groups attached to an aromatic ring is 1. The van der Waals surface area contributed by atoms with Crippen molar-refractivity contribution in [3.05, 3.63) is 45.9 Å². The summed E-state index contributed by atoms with van der Waals surface area (Å²) < 4.78 is 22.4. The van der Waals surface area contributed by atoms with Crippen molar-refractivity contribution in [3.63, 3.8) is 0 Å². The van der Waals surface area contributed by atoms with Gasteiger partial charge in [-0.3, -0.25) is 9.47 Å². The number of rotatable bonds is 16. The van der Waals surface area contributed by atoms with E-state index in [1.54, 1.807) is 7.11 Å². The number of hydrogen-bond donors (Lipinski definition) is 3. The van der Waals surface area contributed by atoms with Crippen LogP contribution in [0.5, 0.6) is 6.01 Å². The topological polar surface area (TPSA) is 153 Å². The van der Waals surface area contributed by atoms with E-state index in [-0.39, 0.29) is 30.7 Å². The number of ether oxygens (including phenoxy) is 4. The van der Waals surface area contributed by atoms with Gasteiger partial charge >= 0.3 is 11.7 Å². The van der Waals surface area contributed by atoms with E-state index in [1.165, 1.54) is 17.2 Å². The molecule has 1 fully saturated rings. The number of hydrogen-bond acceptors (Lipinski definition) is 11. The molecule has 1 atom stereocenters. The van der Waals surface area contributed by atoms with E-state index in [0.717, 1.165) is 38.2 Å². The standard InChI is InChI=1S/C26H39N7O6/c1-31-15-20(16-31)32(9-4-10-38-17-21(34)37-3)13-18-5-7-19(8-6-18)14-33-24-22(28-26(33)35)23(27)29-25(30-24)39-12-11-36-2/h5-8,20-21,34H,4,9-17H2,1-3H3,(H,28,35)(H2,27,29,30). The third-order valence-corrected chi connectivity index (χ3v) is 6.73. The number of aromatic nitrogens is 4. The Morgan fingerprint density at radius 1 is 1.15 bits per heavy atom. The Morgan fingerprint density at radius 3 is 2.59 bits per heavy atom. The molecular formula is C26H39N7O6. The van der Waals surface area contributed by atoms with Crippen LogP contribution in [0.2, 0.25) is 0 Å². The predicted molar refractivity (Wildman–Crippen MR) is 146 cm³/mol. The number of fused-ring (bicyclic) bond motifs is 1. The number of likely N-dealkylation sites (N-methyl/N-ethyl adjacent to an activating group) is 1. The maximum Gasteiger partial charge on any atom is 0.328 e. The lowest BCUT2D eigenvalue weighted by atomic mass is 10.1. The first-order chi connectivity index (χ1) is 18.9. The van der Waals surface area contributed by atoms with Crippen LogP contribution in [0, 0.1) is 0 Å². The molecule has 4 N–H and O–H groups in total. The van der Waals surface area contributed by atoms with Gasteiger partial charge in [0.1, 0.15) is 12.1 Å². The van der Waals surface area contributed by atoms with Crippen molar-refractivity contribution in [2.75, 3.05) is 73.1 Å². The van der Waals surface area contributed by atoms with Crippen LogP contribution in [0.15, 0.2) is 29.1 Å². The monoisotopic (exact) mass is 545 g/mol. The summed E-state index contributed by atoms with van der Waals surface area (Å²) in [5, 5.41) is 9.46. The van der Waals surface area contributed by atoms with E-state index >= 15 is 0 Å². The molecule has 1 saturated heterocycles. The summed E-state index contributed by atoms with van der Waals surface area (Å²) in [6, 6.07) is 8.84. The molecule has 4 rings (SSSR count). The number of nitrogens with zero attached hydrogens (tertiary/aromatic N) is 5. The predicted octanol–water partition coefficient (Wildman–Crippen LogP) is 0.263. The van der Waals surface area contributed by atoms with Crippen LogP contribution >= 0.6 is 0 Å². The average molecular weight is 546 g/mol. The van der Waals surface area contributed by atoms with E-state index in [4.69, 9.17) is 24.7 Å². The third-order valence-electron chi connectivity index (χ3n) is 6.73. The highest BCUT2D eigenvalue weighted by molar-refractivity contribution is 5.81. The zero-order valence-corrected chi connectivity index (χ0v) is 22.8. The minimum absolute atomic E-state index is 0.0992. The lowest BCUT2D eigenvalue weighted by Crippen LogP contribution is -2.57. The third kappa shape index (κ3) is 7.75. The molecule has 214 valence electrons. The van der Waals surface area contributed by atoms with E-state index in [1.807, 2.05) is 12.1 Å². The maximum atomic E-state index is 12.7. The Balaban J connectivity index is 1.40. The van der Waals surface area contributed by atoms with Gasteiger partial charge in [-0.25, -0.2) is 4.79 Å². The molecule has 3 heterocycles. The Hall–Kier alpha value is -3.07. The number of aliphatic hydroxyl groups excluding tert-OH is 1. The Labute approximate surface area is 227 Å². The molecule has 1 aliphatic heterocycles. The molecule has 1 aromatic carbocycles. The quantitative estimate of drug-likeness (QED) is 0.168. The van der Waals surface area contributed by atoms with Gasteiger partial charge in [-0.1, -0.05) is 24.3 Å². The number of aromatic amines is 1. The average Bonchev–Trinajstić information content (AvgIpc) is 3.22. The summed E-state index contributed by atoms with van der Waals surface area (Å²) in [4.78, 5) is 28.7. The smallest absolute Gasteiger partial charge is 0.328 e. The molecule has 1 unspecified atom stereocenters. The summed E-state index contributed by atoms with van der Waals surface area (Å²) in [6.07, 6.45) is -0.0264. The van der Waals surface area contributed by atoms with Gasteiger partial charge in [-0.15, -0.1) is 0 Å². The molecule has 0 spiro atoms. The highest BCUT2D eigenvalue weighted by Gasteiger charge is 2.29. The van der Waals surface area contributed by atoms with E-state index in [9.17, 15) is 9.90 Å². The van der Waals surface area contributed by atoms with Crippen molar-refractivity contribution in [3.8, 4) is 6.01 Å². The SMILES string of the molecule is COCCOc1nc(N)c2[nH]c(=O)n(Cc3ccc(CN(CCCOCC(O)OC)C4CN(C)C4)cc3)c2n1. The molecule has 13 nitrogen and oxygen atoms in total. The van der Waals surface area contributed by atoms with E-state index in [0.29, 0.717) is 37.0 Å². The fourth-order valence-corrected chi connectivity index (χ4v) is 4.54. The largest absolute Gasteiger partial charge is 0.461 e. The van der Waals surface area contributed by atoms with Crippen molar-refractivity contribution in [2.45, 2.75) is 31.8 Å². The zero-order chi connectivity index (χ0) is 27.8. The fraction of sp³-hybridized carbons (Fsp3) is 0.577. The highest BCUT2D eigenvalue weighted by atomic mass is 16.6. The van der Waals surface area contributed by atoms with Gasteiger partial charge in [0, 0.05) is 53.0 Å². The van der Waals surface area contributed by atoms with Gasteiger partial charge in [0.2, 0.25) is 0 Å².